The normalized spacial score (nSPS) is 10.6. The first-order chi connectivity index (χ1) is 13.9. The molecular formula is C23H26N4O2. The molecule has 0 radical (unpaired) electrons. The van der Waals surface area contributed by atoms with Crippen molar-refractivity contribution in [1.29, 1.82) is 0 Å². The average Bonchev–Trinajstić information content (AvgIpc) is 3.02. The van der Waals surface area contributed by atoms with Crippen LogP contribution in [-0.2, 0) is 11.2 Å². The molecule has 0 aliphatic heterocycles. The van der Waals surface area contributed by atoms with Crippen molar-refractivity contribution >= 4 is 17.5 Å². The fourth-order valence-corrected chi connectivity index (χ4v) is 3.39. The number of nitrogens with one attached hydrogen (secondary N) is 1. The van der Waals surface area contributed by atoms with Crippen LogP contribution < -0.4 is 5.32 Å². The van der Waals surface area contributed by atoms with Crippen LogP contribution in [0.4, 0.5) is 5.69 Å². The SMILES string of the molecule is CCc1ccccc1NC(=O)CN(C)C(=O)c1c(C)nn(-c2ccccc2)c1C. The quantitative estimate of drug-likeness (QED) is 0.697. The fourth-order valence-electron chi connectivity index (χ4n) is 3.39. The third-order valence-electron chi connectivity index (χ3n) is 4.91. The number of amides is 2. The third-order valence-corrected chi connectivity index (χ3v) is 4.91. The van der Waals surface area contributed by atoms with E-state index in [1.165, 1.54) is 4.90 Å². The lowest BCUT2D eigenvalue weighted by atomic mass is 10.1. The first-order valence-electron chi connectivity index (χ1n) is 9.67. The van der Waals surface area contributed by atoms with Crippen molar-refractivity contribution < 1.29 is 9.59 Å². The molecule has 6 heteroatoms. The molecule has 0 unspecified atom stereocenters. The van der Waals surface area contributed by atoms with Gasteiger partial charge < -0.3 is 10.2 Å². The molecule has 3 rings (SSSR count). The molecule has 0 aliphatic rings. The largest absolute Gasteiger partial charge is 0.332 e. The van der Waals surface area contributed by atoms with Crippen LogP contribution in [0.2, 0.25) is 0 Å². The molecule has 1 heterocycles. The van der Waals surface area contributed by atoms with E-state index in [2.05, 4.69) is 10.4 Å². The molecular weight excluding hydrogens is 364 g/mol. The number of anilines is 1. The summed E-state index contributed by atoms with van der Waals surface area (Å²) in [5.74, 6) is -0.450. The summed E-state index contributed by atoms with van der Waals surface area (Å²) in [6, 6.07) is 17.4. The molecule has 29 heavy (non-hydrogen) atoms. The van der Waals surface area contributed by atoms with Crippen LogP contribution in [0.25, 0.3) is 5.69 Å². The highest BCUT2D eigenvalue weighted by molar-refractivity contribution is 6.00. The van der Waals surface area contributed by atoms with E-state index in [4.69, 9.17) is 0 Å². The monoisotopic (exact) mass is 390 g/mol. The number of benzene rings is 2. The number of para-hydroxylation sites is 2. The molecule has 1 aromatic heterocycles. The second kappa shape index (κ2) is 8.73. The van der Waals surface area contributed by atoms with E-state index < -0.39 is 0 Å². The zero-order chi connectivity index (χ0) is 21.0. The molecule has 0 saturated carbocycles. The maximum atomic E-state index is 13.0. The van der Waals surface area contributed by atoms with E-state index in [0.717, 1.165) is 29.1 Å². The van der Waals surface area contributed by atoms with Crippen molar-refractivity contribution in [2.24, 2.45) is 0 Å². The summed E-state index contributed by atoms with van der Waals surface area (Å²) < 4.78 is 1.76. The van der Waals surface area contributed by atoms with Crippen LogP contribution in [0.15, 0.2) is 54.6 Å². The van der Waals surface area contributed by atoms with E-state index in [0.29, 0.717) is 11.3 Å². The van der Waals surface area contributed by atoms with Crippen molar-refractivity contribution in [2.75, 3.05) is 18.9 Å². The van der Waals surface area contributed by atoms with E-state index in [1.54, 1.807) is 11.7 Å². The van der Waals surface area contributed by atoms with Gasteiger partial charge in [0.05, 0.1) is 29.2 Å². The van der Waals surface area contributed by atoms with Gasteiger partial charge in [-0.15, -0.1) is 0 Å². The minimum absolute atomic E-state index is 0.0354. The van der Waals surface area contributed by atoms with E-state index in [9.17, 15) is 9.59 Å². The summed E-state index contributed by atoms with van der Waals surface area (Å²) >= 11 is 0. The highest BCUT2D eigenvalue weighted by atomic mass is 16.2. The zero-order valence-corrected chi connectivity index (χ0v) is 17.3. The van der Waals surface area contributed by atoms with Crippen molar-refractivity contribution in [3.63, 3.8) is 0 Å². The number of aryl methyl sites for hydroxylation is 2. The summed E-state index contributed by atoms with van der Waals surface area (Å²) in [4.78, 5) is 27.0. The lowest BCUT2D eigenvalue weighted by Crippen LogP contribution is -2.35. The van der Waals surface area contributed by atoms with Crippen molar-refractivity contribution in [1.82, 2.24) is 14.7 Å². The van der Waals surface area contributed by atoms with E-state index in [-0.39, 0.29) is 18.4 Å². The van der Waals surface area contributed by atoms with E-state index >= 15 is 0 Å². The first kappa shape index (κ1) is 20.3. The van der Waals surface area contributed by atoms with Gasteiger partial charge in [-0.1, -0.05) is 43.3 Å². The number of rotatable bonds is 6. The van der Waals surface area contributed by atoms with E-state index in [1.807, 2.05) is 75.4 Å². The van der Waals surface area contributed by atoms with Gasteiger partial charge in [0.1, 0.15) is 0 Å². The molecule has 0 saturated heterocycles. The minimum Gasteiger partial charge on any atom is -0.332 e. The Labute approximate surface area is 171 Å². The van der Waals surface area contributed by atoms with Crippen molar-refractivity contribution in [3.8, 4) is 5.69 Å². The molecule has 1 N–H and O–H groups in total. The standard InChI is InChI=1S/C23H26N4O2/c1-5-18-11-9-10-14-20(18)24-21(28)15-26(4)23(29)22-16(2)25-27(17(22)3)19-12-7-6-8-13-19/h6-14H,5,15H2,1-4H3,(H,24,28). The second-order valence-electron chi connectivity index (χ2n) is 7.01. The Bertz CT molecular complexity index is 1020. The molecule has 0 aliphatic carbocycles. The Morgan fingerprint density at radius 3 is 2.38 bits per heavy atom. The number of hydrogen-bond donors (Lipinski definition) is 1. The number of hydrogen-bond acceptors (Lipinski definition) is 3. The number of carbonyl (C=O) groups is 2. The third kappa shape index (κ3) is 4.37. The number of carbonyl (C=O) groups excluding carboxylic acids is 2. The maximum absolute atomic E-state index is 13.0. The minimum atomic E-state index is -0.229. The summed E-state index contributed by atoms with van der Waals surface area (Å²) in [5.41, 5.74) is 4.65. The van der Waals surface area contributed by atoms with Gasteiger partial charge >= 0.3 is 0 Å². The number of aromatic nitrogens is 2. The van der Waals surface area contributed by atoms with Crippen LogP contribution >= 0.6 is 0 Å². The fraction of sp³-hybridized carbons (Fsp3) is 0.261. The van der Waals surface area contributed by atoms with Crippen molar-refractivity contribution in [2.45, 2.75) is 27.2 Å². The van der Waals surface area contributed by atoms with Gasteiger partial charge in [-0.3, -0.25) is 9.59 Å². The van der Waals surface area contributed by atoms with Gasteiger partial charge in [0.25, 0.3) is 5.91 Å². The Morgan fingerprint density at radius 2 is 1.69 bits per heavy atom. The molecule has 2 aromatic carbocycles. The summed E-state index contributed by atoms with van der Waals surface area (Å²) in [7, 11) is 1.63. The van der Waals surface area contributed by atoms with Crippen LogP contribution in [0, 0.1) is 13.8 Å². The Kier molecular flexibility index (Phi) is 6.12. The van der Waals surface area contributed by atoms with Crippen LogP contribution in [0.3, 0.4) is 0 Å². The van der Waals surface area contributed by atoms with Gasteiger partial charge in [0.2, 0.25) is 5.91 Å². The molecule has 2 amide bonds. The topological polar surface area (TPSA) is 67.2 Å². The maximum Gasteiger partial charge on any atom is 0.257 e. The second-order valence-corrected chi connectivity index (χ2v) is 7.01. The first-order valence-corrected chi connectivity index (χ1v) is 9.67. The van der Waals surface area contributed by atoms with Gasteiger partial charge in [-0.05, 0) is 44.0 Å². The molecule has 6 nitrogen and oxygen atoms in total. The molecule has 150 valence electrons. The van der Waals surface area contributed by atoms with Crippen molar-refractivity contribution in [3.05, 3.63) is 77.1 Å². The summed E-state index contributed by atoms with van der Waals surface area (Å²) in [5, 5.41) is 7.43. The lowest BCUT2D eigenvalue weighted by molar-refractivity contribution is -0.116. The van der Waals surface area contributed by atoms with Crippen LogP contribution in [0.5, 0.6) is 0 Å². The lowest BCUT2D eigenvalue weighted by Gasteiger charge is -2.18. The highest BCUT2D eigenvalue weighted by Crippen LogP contribution is 2.20. The predicted molar refractivity (Wildman–Crippen MR) is 114 cm³/mol. The van der Waals surface area contributed by atoms with Gasteiger partial charge in [-0.25, -0.2) is 4.68 Å². The van der Waals surface area contributed by atoms with Gasteiger partial charge in [0.15, 0.2) is 0 Å². The number of likely N-dealkylation sites (N-methyl/N-ethyl adjacent to an activating group) is 1. The summed E-state index contributed by atoms with van der Waals surface area (Å²) in [6.45, 7) is 5.68. The van der Waals surface area contributed by atoms with Gasteiger partial charge in [0, 0.05) is 12.7 Å². The molecule has 0 bridgehead atoms. The predicted octanol–water partition coefficient (Wildman–Crippen LogP) is 3.76. The number of nitrogens with zero attached hydrogens (tertiary/aromatic N) is 3. The van der Waals surface area contributed by atoms with Gasteiger partial charge in [-0.2, -0.15) is 5.10 Å². The van der Waals surface area contributed by atoms with Crippen LogP contribution in [0.1, 0.15) is 34.2 Å². The van der Waals surface area contributed by atoms with Crippen LogP contribution in [-0.4, -0.2) is 40.1 Å². The average molecular weight is 390 g/mol. The Hall–Kier alpha value is -3.41. The summed E-state index contributed by atoms with van der Waals surface area (Å²) in [6.07, 6.45) is 0.822. The zero-order valence-electron chi connectivity index (χ0n) is 17.3. The smallest absolute Gasteiger partial charge is 0.257 e. The molecule has 0 spiro atoms. The Morgan fingerprint density at radius 1 is 1.03 bits per heavy atom. The molecule has 3 aromatic rings. The highest BCUT2D eigenvalue weighted by Gasteiger charge is 2.23. The Balaban J connectivity index is 1.75. The molecule has 0 fully saturated rings. The molecule has 0 atom stereocenters.